The Hall–Kier alpha value is -1.11. The molecule has 0 amide bonds. The van der Waals surface area contributed by atoms with E-state index >= 15 is 0 Å². The van der Waals surface area contributed by atoms with Gasteiger partial charge in [-0.3, -0.25) is 4.68 Å². The number of halogens is 1. The fourth-order valence-corrected chi connectivity index (χ4v) is 2.54. The summed E-state index contributed by atoms with van der Waals surface area (Å²) in [6, 6.07) is 1.80. The predicted molar refractivity (Wildman–Crippen MR) is 74.0 cm³/mol. The lowest BCUT2D eigenvalue weighted by atomic mass is 10.1. The Morgan fingerprint density at radius 1 is 1.58 bits per heavy atom. The van der Waals surface area contributed by atoms with E-state index in [2.05, 4.69) is 21.0 Å². The first-order chi connectivity index (χ1) is 9.19. The lowest BCUT2D eigenvalue weighted by Crippen LogP contribution is -2.14. The van der Waals surface area contributed by atoms with E-state index in [1.165, 1.54) is 0 Å². The summed E-state index contributed by atoms with van der Waals surface area (Å²) in [7, 11) is 1.64. The number of nitrogens with zero attached hydrogens (tertiary/aromatic N) is 2. The van der Waals surface area contributed by atoms with Crippen molar-refractivity contribution in [3.05, 3.63) is 40.0 Å². The molecule has 104 valence electrons. The summed E-state index contributed by atoms with van der Waals surface area (Å²) in [5.74, 6) is 0.791. The molecule has 0 aliphatic carbocycles. The van der Waals surface area contributed by atoms with E-state index in [-0.39, 0.29) is 0 Å². The van der Waals surface area contributed by atoms with Gasteiger partial charge in [0.05, 0.1) is 35.8 Å². The highest BCUT2D eigenvalue weighted by Gasteiger charge is 2.23. The number of hydrogen-bond acceptors (Lipinski definition) is 4. The van der Waals surface area contributed by atoms with Crippen LogP contribution >= 0.6 is 15.9 Å². The molecule has 2 aromatic rings. The quantitative estimate of drug-likeness (QED) is 0.885. The topological polar surface area (TPSA) is 60.4 Å². The highest BCUT2D eigenvalue weighted by Crippen LogP contribution is 2.31. The molecule has 1 atom stereocenters. The molecule has 0 aromatic carbocycles. The van der Waals surface area contributed by atoms with Gasteiger partial charge in [-0.15, -0.1) is 0 Å². The van der Waals surface area contributed by atoms with Crippen LogP contribution in [0.4, 0.5) is 0 Å². The molecule has 1 unspecified atom stereocenters. The van der Waals surface area contributed by atoms with Gasteiger partial charge in [-0.1, -0.05) is 6.92 Å². The van der Waals surface area contributed by atoms with E-state index in [0.29, 0.717) is 18.8 Å². The van der Waals surface area contributed by atoms with Crippen molar-refractivity contribution in [3.63, 3.8) is 0 Å². The number of hydrogen-bond donors (Lipinski definition) is 1. The van der Waals surface area contributed by atoms with Crippen LogP contribution in [0.5, 0.6) is 0 Å². The standard InChI is InChI=1S/C13H17BrN2O3/c1-3-11-9(4-6-19-11)13(17)12-10(14)8-15-16(12)5-7-18-2/h4,6,8,13,17H,3,5,7H2,1-2H3. The number of aliphatic hydroxyl groups excluding tert-OH is 1. The second kappa shape index (κ2) is 6.36. The molecule has 2 aromatic heterocycles. The van der Waals surface area contributed by atoms with Crippen LogP contribution < -0.4 is 0 Å². The van der Waals surface area contributed by atoms with Crippen molar-refractivity contribution in [1.82, 2.24) is 9.78 Å². The normalized spacial score (nSPS) is 12.8. The van der Waals surface area contributed by atoms with Crippen molar-refractivity contribution >= 4 is 15.9 Å². The Morgan fingerprint density at radius 2 is 2.37 bits per heavy atom. The number of furan rings is 1. The van der Waals surface area contributed by atoms with Gasteiger partial charge in [0.25, 0.3) is 0 Å². The van der Waals surface area contributed by atoms with Crippen LogP contribution in [0.25, 0.3) is 0 Å². The number of aliphatic hydroxyl groups is 1. The van der Waals surface area contributed by atoms with Gasteiger partial charge >= 0.3 is 0 Å². The summed E-state index contributed by atoms with van der Waals surface area (Å²) in [5.41, 5.74) is 1.50. The zero-order valence-corrected chi connectivity index (χ0v) is 12.6. The van der Waals surface area contributed by atoms with Crippen molar-refractivity contribution in [3.8, 4) is 0 Å². The zero-order chi connectivity index (χ0) is 13.8. The van der Waals surface area contributed by atoms with Crippen LogP contribution in [0, 0.1) is 0 Å². The van der Waals surface area contributed by atoms with Gasteiger partial charge in [0.15, 0.2) is 0 Å². The molecule has 19 heavy (non-hydrogen) atoms. The van der Waals surface area contributed by atoms with Crippen molar-refractivity contribution in [2.75, 3.05) is 13.7 Å². The third-order valence-corrected chi connectivity index (χ3v) is 3.61. The summed E-state index contributed by atoms with van der Waals surface area (Å²) in [4.78, 5) is 0. The third kappa shape index (κ3) is 2.91. The zero-order valence-electron chi connectivity index (χ0n) is 11.0. The van der Waals surface area contributed by atoms with Crippen LogP contribution in [-0.2, 0) is 17.7 Å². The maximum absolute atomic E-state index is 10.6. The highest BCUT2D eigenvalue weighted by atomic mass is 79.9. The monoisotopic (exact) mass is 328 g/mol. The second-order valence-electron chi connectivity index (χ2n) is 4.15. The Bertz CT molecular complexity index is 536. The summed E-state index contributed by atoms with van der Waals surface area (Å²) >= 11 is 3.43. The molecule has 0 aliphatic heterocycles. The summed E-state index contributed by atoms with van der Waals surface area (Å²) < 4.78 is 12.9. The van der Waals surface area contributed by atoms with Crippen LogP contribution in [0.3, 0.4) is 0 Å². The van der Waals surface area contributed by atoms with Crippen molar-refractivity contribution in [2.24, 2.45) is 0 Å². The van der Waals surface area contributed by atoms with Crippen molar-refractivity contribution in [2.45, 2.75) is 26.0 Å². The minimum atomic E-state index is -0.762. The number of methoxy groups -OCH3 is 1. The molecule has 0 radical (unpaired) electrons. The van der Waals surface area contributed by atoms with Gasteiger partial charge in [0.2, 0.25) is 0 Å². The Kier molecular flexibility index (Phi) is 4.79. The van der Waals surface area contributed by atoms with Crippen LogP contribution in [0.2, 0.25) is 0 Å². The molecule has 2 rings (SSSR count). The molecule has 0 saturated carbocycles. The van der Waals surface area contributed by atoms with E-state index < -0.39 is 6.10 Å². The largest absolute Gasteiger partial charge is 0.469 e. The molecule has 0 bridgehead atoms. The first kappa shape index (κ1) is 14.3. The molecule has 0 spiro atoms. The summed E-state index contributed by atoms with van der Waals surface area (Å²) in [6.07, 6.45) is 3.26. The van der Waals surface area contributed by atoms with Gasteiger partial charge in [-0.25, -0.2) is 0 Å². The van der Waals surface area contributed by atoms with Crippen LogP contribution in [-0.4, -0.2) is 28.6 Å². The summed E-state index contributed by atoms with van der Waals surface area (Å²) in [5, 5.41) is 14.8. The predicted octanol–water partition coefficient (Wildman–Crippen LogP) is 2.53. The first-order valence-electron chi connectivity index (χ1n) is 6.13. The maximum atomic E-state index is 10.6. The van der Waals surface area contributed by atoms with Crippen LogP contribution in [0.1, 0.15) is 30.0 Å². The lowest BCUT2D eigenvalue weighted by Gasteiger charge is -2.14. The van der Waals surface area contributed by atoms with E-state index in [1.54, 1.807) is 30.3 Å². The van der Waals surface area contributed by atoms with E-state index in [4.69, 9.17) is 9.15 Å². The smallest absolute Gasteiger partial charge is 0.125 e. The molecular formula is C13H17BrN2O3. The minimum Gasteiger partial charge on any atom is -0.469 e. The van der Waals surface area contributed by atoms with Gasteiger partial charge < -0.3 is 14.3 Å². The van der Waals surface area contributed by atoms with E-state index in [0.717, 1.165) is 22.2 Å². The molecule has 2 heterocycles. The first-order valence-corrected chi connectivity index (χ1v) is 6.92. The Balaban J connectivity index is 2.32. The van der Waals surface area contributed by atoms with Gasteiger partial charge in [-0.2, -0.15) is 5.10 Å². The van der Waals surface area contributed by atoms with Gasteiger partial charge in [-0.05, 0) is 22.0 Å². The second-order valence-corrected chi connectivity index (χ2v) is 5.00. The average molecular weight is 329 g/mol. The van der Waals surface area contributed by atoms with Gasteiger partial charge in [0.1, 0.15) is 11.9 Å². The summed E-state index contributed by atoms with van der Waals surface area (Å²) in [6.45, 7) is 3.12. The molecule has 0 aliphatic rings. The molecule has 5 nitrogen and oxygen atoms in total. The fourth-order valence-electron chi connectivity index (χ4n) is 2.03. The molecule has 0 fully saturated rings. The highest BCUT2D eigenvalue weighted by molar-refractivity contribution is 9.10. The van der Waals surface area contributed by atoms with Crippen molar-refractivity contribution < 1.29 is 14.3 Å². The number of aromatic nitrogens is 2. The lowest BCUT2D eigenvalue weighted by molar-refractivity contribution is 0.170. The van der Waals surface area contributed by atoms with Crippen LogP contribution in [0.15, 0.2) is 27.4 Å². The number of ether oxygens (including phenoxy) is 1. The molecule has 6 heteroatoms. The molecule has 0 saturated heterocycles. The molecular weight excluding hydrogens is 312 g/mol. The number of rotatable bonds is 6. The number of aryl methyl sites for hydroxylation is 1. The average Bonchev–Trinajstić information content (AvgIpc) is 3.02. The third-order valence-electron chi connectivity index (χ3n) is 3.00. The fraction of sp³-hybridized carbons (Fsp3) is 0.462. The van der Waals surface area contributed by atoms with E-state index in [9.17, 15) is 5.11 Å². The molecule has 1 N–H and O–H groups in total. The minimum absolute atomic E-state index is 0.542. The van der Waals surface area contributed by atoms with Crippen molar-refractivity contribution in [1.29, 1.82) is 0 Å². The SMILES string of the molecule is CCc1occc1C(O)c1c(Br)cnn1CCOC. The van der Waals surface area contributed by atoms with Gasteiger partial charge in [0, 0.05) is 19.1 Å². The van der Waals surface area contributed by atoms with E-state index in [1.807, 2.05) is 6.92 Å². The Morgan fingerprint density at radius 3 is 3.05 bits per heavy atom. The Labute approximate surface area is 120 Å². The maximum Gasteiger partial charge on any atom is 0.125 e.